The maximum atomic E-state index is 14.1. The van der Waals surface area contributed by atoms with Gasteiger partial charge >= 0.3 is 0 Å². The molecular formula is C27H34FN5O4S. The molecule has 0 bridgehead atoms. The fraction of sp³-hybridized carbons (Fsp3) is 0.407. The number of anilines is 2. The van der Waals surface area contributed by atoms with E-state index in [9.17, 15) is 17.6 Å². The van der Waals surface area contributed by atoms with E-state index in [1.165, 1.54) is 22.5 Å². The van der Waals surface area contributed by atoms with Crippen LogP contribution in [0.1, 0.15) is 36.8 Å². The van der Waals surface area contributed by atoms with Crippen LogP contribution in [0.5, 0.6) is 0 Å². The molecule has 38 heavy (non-hydrogen) atoms. The Balaban J connectivity index is 1.41. The topological polar surface area (TPSA) is 122 Å². The van der Waals surface area contributed by atoms with Gasteiger partial charge in [-0.05, 0) is 69.5 Å². The highest BCUT2D eigenvalue weighted by Crippen LogP contribution is 2.29. The number of aromatic nitrogens is 1. The molecule has 0 unspecified atom stereocenters. The van der Waals surface area contributed by atoms with Gasteiger partial charge in [-0.15, -0.1) is 0 Å². The third-order valence-corrected chi connectivity index (χ3v) is 8.94. The molecule has 2 aromatic carbocycles. The summed E-state index contributed by atoms with van der Waals surface area (Å²) in [7, 11) is -4.06. The van der Waals surface area contributed by atoms with Crippen LogP contribution in [0, 0.1) is 19.7 Å². The maximum Gasteiger partial charge on any atom is 0.269 e. The van der Waals surface area contributed by atoms with Gasteiger partial charge in [-0.25, -0.2) is 12.8 Å². The molecule has 0 saturated carbocycles. The minimum absolute atomic E-state index is 0.00326. The van der Waals surface area contributed by atoms with E-state index in [2.05, 4.69) is 15.4 Å². The van der Waals surface area contributed by atoms with Gasteiger partial charge in [0.2, 0.25) is 5.91 Å². The average molecular weight is 544 g/mol. The molecule has 1 atom stereocenters. The highest BCUT2D eigenvalue weighted by atomic mass is 32.2. The minimum atomic E-state index is -4.06. The summed E-state index contributed by atoms with van der Waals surface area (Å²) < 4.78 is 47.9. The van der Waals surface area contributed by atoms with Crippen LogP contribution in [0.25, 0.3) is 0 Å². The first-order valence-corrected chi connectivity index (χ1v) is 14.1. The fourth-order valence-electron chi connectivity index (χ4n) is 4.87. The van der Waals surface area contributed by atoms with Crippen molar-refractivity contribution in [3.05, 3.63) is 71.4 Å². The number of rotatable bonds is 9. The van der Waals surface area contributed by atoms with Gasteiger partial charge in [0.1, 0.15) is 11.5 Å². The SMILES string of the molecule is Cc1noc(C)c1S(=O)(=O)N(C[C@@H](C)N1CCC(NC(=O)Cc2ccc(N)cc2)CC1)c1cccc(F)c1. The van der Waals surface area contributed by atoms with Crippen LogP contribution < -0.4 is 15.4 Å². The summed E-state index contributed by atoms with van der Waals surface area (Å²) in [6, 6.07) is 12.7. The van der Waals surface area contributed by atoms with Crippen LogP contribution in [0.15, 0.2) is 57.9 Å². The zero-order valence-electron chi connectivity index (χ0n) is 21.9. The lowest BCUT2D eigenvalue weighted by atomic mass is 10.0. The van der Waals surface area contributed by atoms with Gasteiger partial charge in [-0.1, -0.05) is 23.4 Å². The summed E-state index contributed by atoms with van der Waals surface area (Å²) in [4.78, 5) is 14.7. The van der Waals surface area contributed by atoms with Crippen LogP contribution in [0.2, 0.25) is 0 Å². The number of nitrogens with two attached hydrogens (primary N) is 1. The monoisotopic (exact) mass is 543 g/mol. The quantitative estimate of drug-likeness (QED) is 0.397. The normalized spacial score (nSPS) is 15.8. The van der Waals surface area contributed by atoms with Crippen LogP contribution >= 0.6 is 0 Å². The largest absolute Gasteiger partial charge is 0.399 e. The second-order valence-corrected chi connectivity index (χ2v) is 11.6. The Morgan fingerprint density at radius 2 is 1.89 bits per heavy atom. The Labute approximate surface area is 222 Å². The summed E-state index contributed by atoms with van der Waals surface area (Å²) >= 11 is 0. The molecule has 1 amide bonds. The molecule has 1 aliphatic heterocycles. The zero-order chi connectivity index (χ0) is 27.4. The number of nitrogens with zero attached hydrogens (tertiary/aromatic N) is 3. The standard InChI is InChI=1S/C27H34FN5O4S/c1-18(32-13-11-24(12-14-32)30-26(34)15-21-7-9-23(29)10-8-21)17-33(25-6-4-5-22(28)16-25)38(35,36)27-19(2)31-37-20(27)3/h4-10,16,18,24H,11-15,17,29H2,1-3H3,(H,30,34)/t18-/m1/s1. The van der Waals surface area contributed by atoms with E-state index in [0.29, 0.717) is 25.2 Å². The van der Waals surface area contributed by atoms with E-state index >= 15 is 0 Å². The number of sulfonamides is 1. The number of hydrogen-bond acceptors (Lipinski definition) is 7. The molecular weight excluding hydrogens is 509 g/mol. The third-order valence-electron chi connectivity index (χ3n) is 6.90. The molecule has 2 heterocycles. The van der Waals surface area contributed by atoms with Gasteiger partial charge in [-0.3, -0.25) is 14.0 Å². The van der Waals surface area contributed by atoms with Crippen molar-refractivity contribution in [1.82, 2.24) is 15.4 Å². The van der Waals surface area contributed by atoms with E-state index in [-0.39, 0.29) is 46.6 Å². The van der Waals surface area contributed by atoms with Gasteiger partial charge in [0.15, 0.2) is 10.7 Å². The summed E-state index contributed by atoms with van der Waals surface area (Å²) in [5.74, 6) is -0.374. The Morgan fingerprint density at radius 1 is 1.21 bits per heavy atom. The summed E-state index contributed by atoms with van der Waals surface area (Å²) in [5, 5.41) is 6.91. The number of piperidine rings is 1. The van der Waals surface area contributed by atoms with Crippen LogP contribution in [0.3, 0.4) is 0 Å². The molecule has 204 valence electrons. The van der Waals surface area contributed by atoms with Crippen molar-refractivity contribution in [2.45, 2.75) is 57.0 Å². The predicted octanol–water partition coefficient (Wildman–Crippen LogP) is 3.42. The molecule has 3 aromatic rings. The number of aryl methyl sites for hydroxylation is 2. The van der Waals surface area contributed by atoms with Gasteiger partial charge in [0, 0.05) is 37.4 Å². The molecule has 1 saturated heterocycles. The van der Waals surface area contributed by atoms with Crippen molar-refractivity contribution in [2.24, 2.45) is 0 Å². The first-order valence-electron chi connectivity index (χ1n) is 12.6. The Hall–Kier alpha value is -3.44. The molecule has 11 heteroatoms. The van der Waals surface area contributed by atoms with Gasteiger partial charge < -0.3 is 15.6 Å². The first kappa shape index (κ1) is 27.6. The maximum absolute atomic E-state index is 14.1. The fourth-order valence-corrected chi connectivity index (χ4v) is 6.70. The molecule has 4 rings (SSSR count). The Morgan fingerprint density at radius 3 is 2.50 bits per heavy atom. The predicted molar refractivity (Wildman–Crippen MR) is 144 cm³/mol. The number of carbonyl (C=O) groups is 1. The van der Waals surface area contributed by atoms with Crippen molar-refractivity contribution in [3.63, 3.8) is 0 Å². The van der Waals surface area contributed by atoms with E-state index in [1.54, 1.807) is 32.0 Å². The Bertz CT molecular complexity index is 1350. The van der Waals surface area contributed by atoms with Gasteiger partial charge in [-0.2, -0.15) is 0 Å². The second kappa shape index (κ2) is 11.5. The molecule has 1 fully saturated rings. The number of amides is 1. The van der Waals surface area contributed by atoms with Gasteiger partial charge in [0.25, 0.3) is 10.0 Å². The van der Waals surface area contributed by atoms with Crippen molar-refractivity contribution >= 4 is 27.3 Å². The summed E-state index contributed by atoms with van der Waals surface area (Å²) in [6.45, 7) is 6.57. The number of halogens is 1. The minimum Gasteiger partial charge on any atom is -0.399 e. The van der Waals surface area contributed by atoms with Gasteiger partial charge in [0.05, 0.1) is 12.1 Å². The summed E-state index contributed by atoms with van der Waals surface area (Å²) in [6.07, 6.45) is 1.78. The molecule has 0 radical (unpaired) electrons. The van der Waals surface area contributed by atoms with E-state index in [1.807, 2.05) is 19.1 Å². The third kappa shape index (κ3) is 6.33. The van der Waals surface area contributed by atoms with Crippen molar-refractivity contribution in [3.8, 4) is 0 Å². The lowest BCUT2D eigenvalue weighted by Crippen LogP contribution is -2.51. The zero-order valence-corrected chi connectivity index (χ0v) is 22.7. The molecule has 0 aliphatic carbocycles. The lowest BCUT2D eigenvalue weighted by Gasteiger charge is -2.38. The molecule has 3 N–H and O–H groups in total. The second-order valence-electron chi connectivity index (χ2n) is 9.81. The first-order chi connectivity index (χ1) is 18.0. The van der Waals surface area contributed by atoms with E-state index in [0.717, 1.165) is 18.4 Å². The smallest absolute Gasteiger partial charge is 0.269 e. The average Bonchev–Trinajstić information content (AvgIpc) is 3.22. The highest BCUT2D eigenvalue weighted by Gasteiger charge is 2.34. The highest BCUT2D eigenvalue weighted by molar-refractivity contribution is 7.93. The van der Waals surface area contributed by atoms with Crippen LogP contribution in [0.4, 0.5) is 15.8 Å². The number of nitrogens with one attached hydrogen (secondary N) is 1. The van der Waals surface area contributed by atoms with E-state index < -0.39 is 15.8 Å². The van der Waals surface area contributed by atoms with Crippen molar-refractivity contribution in [1.29, 1.82) is 0 Å². The number of likely N-dealkylation sites (tertiary alicyclic amines) is 1. The van der Waals surface area contributed by atoms with Crippen molar-refractivity contribution in [2.75, 3.05) is 29.7 Å². The molecule has 9 nitrogen and oxygen atoms in total. The number of nitrogen functional groups attached to an aromatic ring is 1. The molecule has 1 aromatic heterocycles. The summed E-state index contributed by atoms with van der Waals surface area (Å²) in [5.41, 5.74) is 7.77. The van der Waals surface area contributed by atoms with Crippen molar-refractivity contribution < 1.29 is 22.1 Å². The van der Waals surface area contributed by atoms with Crippen LogP contribution in [-0.4, -0.2) is 56.1 Å². The number of benzene rings is 2. The van der Waals surface area contributed by atoms with Crippen LogP contribution in [-0.2, 0) is 21.2 Å². The Kier molecular flexibility index (Phi) is 8.37. The number of hydrogen-bond donors (Lipinski definition) is 2. The lowest BCUT2D eigenvalue weighted by molar-refractivity contribution is -0.121. The molecule has 0 spiro atoms. The number of carbonyl (C=O) groups excluding carboxylic acids is 1. The van der Waals surface area contributed by atoms with E-state index in [4.69, 9.17) is 10.3 Å². The molecule has 1 aliphatic rings.